The van der Waals surface area contributed by atoms with Gasteiger partial charge >= 0.3 is 0 Å². The van der Waals surface area contributed by atoms with Crippen molar-refractivity contribution in [3.05, 3.63) is 35.4 Å². The van der Waals surface area contributed by atoms with Gasteiger partial charge in [-0.2, -0.15) is 11.8 Å². The first-order valence-electron chi connectivity index (χ1n) is 7.69. The Morgan fingerprint density at radius 3 is 2.95 bits per heavy atom. The molecule has 1 saturated carbocycles. The zero-order valence-corrected chi connectivity index (χ0v) is 13.4. The van der Waals surface area contributed by atoms with Crippen LogP contribution in [0.4, 0.5) is 0 Å². The molecule has 0 aliphatic heterocycles. The molecule has 1 aromatic carbocycles. The molecular formula is C17H23NO2S. The molecule has 3 nitrogen and oxygen atoms in total. The van der Waals surface area contributed by atoms with Crippen LogP contribution in [-0.4, -0.2) is 35.2 Å². The maximum atomic E-state index is 12.5. The fourth-order valence-corrected chi connectivity index (χ4v) is 4.40. The third-order valence-corrected chi connectivity index (χ3v) is 6.21. The third kappa shape index (κ3) is 2.71. The first-order valence-corrected chi connectivity index (χ1v) is 8.98. The van der Waals surface area contributed by atoms with Crippen molar-refractivity contribution < 1.29 is 9.90 Å². The molecule has 114 valence electrons. The predicted octanol–water partition coefficient (Wildman–Crippen LogP) is 2.19. The van der Waals surface area contributed by atoms with Gasteiger partial charge in [0.05, 0.1) is 6.61 Å². The van der Waals surface area contributed by atoms with E-state index in [-0.39, 0.29) is 29.7 Å². The first kappa shape index (κ1) is 14.9. The number of benzene rings is 1. The smallest absolute Gasteiger partial charge is 0.224 e. The lowest BCUT2D eigenvalue weighted by molar-refractivity contribution is -0.123. The second kappa shape index (κ2) is 6.01. The third-order valence-electron chi connectivity index (χ3n) is 5.04. The van der Waals surface area contributed by atoms with Gasteiger partial charge in [0, 0.05) is 17.2 Å². The second-order valence-corrected chi connectivity index (χ2v) is 7.28. The summed E-state index contributed by atoms with van der Waals surface area (Å²) in [5, 5.41) is 12.5. The number of carbonyl (C=O) groups excluding carboxylic acids is 1. The maximum absolute atomic E-state index is 12.5. The van der Waals surface area contributed by atoms with Gasteiger partial charge in [-0.05, 0) is 49.0 Å². The standard InChI is InChI=1S/C17H23NO2S/c1-10(14(9-19)21-2)18-17(20)16-13-8-7-11-5-3-4-6-12(11)15(13)16/h3-6,10,13-16,19H,7-9H2,1-2H3,(H,18,20). The first-order chi connectivity index (χ1) is 10.2. The van der Waals surface area contributed by atoms with Gasteiger partial charge in [0.1, 0.15) is 0 Å². The van der Waals surface area contributed by atoms with E-state index < -0.39 is 0 Å². The zero-order valence-electron chi connectivity index (χ0n) is 12.6. The van der Waals surface area contributed by atoms with Crippen molar-refractivity contribution in [2.24, 2.45) is 11.8 Å². The zero-order chi connectivity index (χ0) is 15.0. The van der Waals surface area contributed by atoms with Crippen LogP contribution < -0.4 is 5.32 Å². The maximum Gasteiger partial charge on any atom is 0.224 e. The largest absolute Gasteiger partial charge is 0.395 e. The van der Waals surface area contributed by atoms with Crippen molar-refractivity contribution in [2.45, 2.75) is 37.0 Å². The highest BCUT2D eigenvalue weighted by Crippen LogP contribution is 2.59. The molecule has 1 fully saturated rings. The Hall–Kier alpha value is -1.00. The fourth-order valence-electron chi connectivity index (χ4n) is 3.77. The van der Waals surface area contributed by atoms with Crippen molar-refractivity contribution in [1.82, 2.24) is 5.32 Å². The Balaban J connectivity index is 1.66. The average Bonchev–Trinajstić information content (AvgIpc) is 3.23. The van der Waals surface area contributed by atoms with Crippen molar-refractivity contribution in [3.8, 4) is 0 Å². The van der Waals surface area contributed by atoms with Crippen LogP contribution in [0.25, 0.3) is 0 Å². The predicted molar refractivity (Wildman–Crippen MR) is 86.5 cm³/mol. The number of fused-ring (bicyclic) bond motifs is 3. The summed E-state index contributed by atoms with van der Waals surface area (Å²) in [5.74, 6) is 1.25. The Morgan fingerprint density at radius 2 is 2.24 bits per heavy atom. The molecule has 4 heteroatoms. The lowest BCUT2D eigenvalue weighted by atomic mass is 9.92. The van der Waals surface area contributed by atoms with E-state index in [0.717, 1.165) is 12.8 Å². The van der Waals surface area contributed by atoms with Gasteiger partial charge in [0.2, 0.25) is 5.91 Å². The molecule has 0 bridgehead atoms. The van der Waals surface area contributed by atoms with E-state index in [1.807, 2.05) is 13.2 Å². The van der Waals surface area contributed by atoms with Crippen LogP contribution in [0.1, 0.15) is 30.4 Å². The van der Waals surface area contributed by atoms with Crippen molar-refractivity contribution >= 4 is 17.7 Å². The van der Waals surface area contributed by atoms with Crippen LogP contribution in [0.15, 0.2) is 24.3 Å². The van der Waals surface area contributed by atoms with E-state index in [4.69, 9.17) is 0 Å². The van der Waals surface area contributed by atoms with E-state index in [9.17, 15) is 9.90 Å². The molecule has 0 radical (unpaired) electrons. The van der Waals surface area contributed by atoms with Crippen LogP contribution in [-0.2, 0) is 11.2 Å². The Labute approximate surface area is 130 Å². The SMILES string of the molecule is CSC(CO)C(C)NC(=O)C1C2CCc3ccccc3C21. The summed E-state index contributed by atoms with van der Waals surface area (Å²) in [6.07, 6.45) is 4.19. The quantitative estimate of drug-likeness (QED) is 0.877. The van der Waals surface area contributed by atoms with Gasteiger partial charge in [-0.25, -0.2) is 0 Å². The number of aliphatic hydroxyl groups is 1. The van der Waals surface area contributed by atoms with Gasteiger partial charge in [-0.3, -0.25) is 4.79 Å². The molecule has 5 atom stereocenters. The number of amides is 1. The summed E-state index contributed by atoms with van der Waals surface area (Å²) >= 11 is 1.60. The van der Waals surface area contributed by atoms with Crippen molar-refractivity contribution in [1.29, 1.82) is 0 Å². The molecule has 1 aromatic rings. The van der Waals surface area contributed by atoms with E-state index in [2.05, 4.69) is 29.6 Å². The highest BCUT2D eigenvalue weighted by Gasteiger charge is 2.57. The summed E-state index contributed by atoms with van der Waals surface area (Å²) in [7, 11) is 0. The highest BCUT2D eigenvalue weighted by molar-refractivity contribution is 7.99. The van der Waals surface area contributed by atoms with Crippen LogP contribution in [0, 0.1) is 11.8 Å². The van der Waals surface area contributed by atoms with Crippen molar-refractivity contribution in [2.75, 3.05) is 12.9 Å². The molecule has 2 aliphatic rings. The summed E-state index contributed by atoms with van der Waals surface area (Å²) in [5.41, 5.74) is 2.80. The minimum absolute atomic E-state index is 0.00963. The number of aliphatic hydroxyl groups excluding tert-OH is 1. The molecular weight excluding hydrogens is 282 g/mol. The molecule has 2 aliphatic carbocycles. The van der Waals surface area contributed by atoms with E-state index in [1.54, 1.807) is 11.8 Å². The summed E-state index contributed by atoms with van der Waals surface area (Å²) in [4.78, 5) is 12.5. The molecule has 0 heterocycles. The number of thioether (sulfide) groups is 1. The van der Waals surface area contributed by atoms with Gasteiger partial charge in [-0.15, -0.1) is 0 Å². The number of hydrogen-bond donors (Lipinski definition) is 2. The topological polar surface area (TPSA) is 49.3 Å². The minimum atomic E-state index is 0.00963. The fraction of sp³-hybridized carbons (Fsp3) is 0.588. The second-order valence-electron chi connectivity index (χ2n) is 6.21. The van der Waals surface area contributed by atoms with Gasteiger partial charge in [0.25, 0.3) is 0 Å². The van der Waals surface area contributed by atoms with Gasteiger partial charge in [0.15, 0.2) is 0 Å². The highest BCUT2D eigenvalue weighted by atomic mass is 32.2. The van der Waals surface area contributed by atoms with Crippen LogP contribution in [0.2, 0.25) is 0 Å². The summed E-state index contributed by atoms with van der Waals surface area (Å²) in [6, 6.07) is 8.55. The Kier molecular flexibility index (Phi) is 4.27. The Bertz CT molecular complexity index is 529. The van der Waals surface area contributed by atoms with Crippen LogP contribution in [0.3, 0.4) is 0 Å². The van der Waals surface area contributed by atoms with Crippen molar-refractivity contribution in [3.63, 3.8) is 0 Å². The molecule has 5 unspecified atom stereocenters. The van der Waals surface area contributed by atoms with Crippen LogP contribution >= 0.6 is 11.8 Å². The number of hydrogen-bond acceptors (Lipinski definition) is 3. The number of aryl methyl sites for hydroxylation is 1. The molecule has 2 N–H and O–H groups in total. The number of carbonyl (C=O) groups is 1. The van der Waals surface area contributed by atoms with Crippen LogP contribution in [0.5, 0.6) is 0 Å². The molecule has 21 heavy (non-hydrogen) atoms. The van der Waals surface area contributed by atoms with Gasteiger partial charge < -0.3 is 10.4 Å². The van der Waals surface area contributed by atoms with Gasteiger partial charge in [-0.1, -0.05) is 24.3 Å². The molecule has 0 saturated heterocycles. The summed E-state index contributed by atoms with van der Waals surface area (Å²) in [6.45, 7) is 2.08. The minimum Gasteiger partial charge on any atom is -0.395 e. The average molecular weight is 305 g/mol. The molecule has 1 amide bonds. The lowest BCUT2D eigenvalue weighted by Crippen LogP contribution is -2.42. The normalized spacial score (nSPS) is 29.0. The van der Waals surface area contributed by atoms with E-state index >= 15 is 0 Å². The Morgan fingerprint density at radius 1 is 1.48 bits per heavy atom. The molecule has 3 rings (SSSR count). The lowest BCUT2D eigenvalue weighted by Gasteiger charge is -2.21. The molecule has 0 aromatic heterocycles. The monoisotopic (exact) mass is 305 g/mol. The van der Waals surface area contributed by atoms with E-state index in [0.29, 0.717) is 11.8 Å². The number of nitrogens with one attached hydrogen (secondary N) is 1. The van der Waals surface area contributed by atoms with E-state index in [1.165, 1.54) is 11.1 Å². The summed E-state index contributed by atoms with van der Waals surface area (Å²) < 4.78 is 0. The molecule has 0 spiro atoms. The number of rotatable bonds is 5.